The molecule has 3 rings (SSSR count). The van der Waals surface area contributed by atoms with Gasteiger partial charge in [-0.05, 0) is 13.8 Å². The minimum Gasteiger partial charge on any atom is -0.338 e. The molecule has 0 aromatic carbocycles. The normalized spacial score (nSPS) is 16.0. The van der Waals surface area contributed by atoms with E-state index in [4.69, 9.17) is 0 Å². The van der Waals surface area contributed by atoms with Crippen molar-refractivity contribution in [2.75, 3.05) is 6.54 Å². The lowest BCUT2D eigenvalue weighted by Gasteiger charge is -2.31. The second-order valence-corrected chi connectivity index (χ2v) is 8.08. The van der Waals surface area contributed by atoms with Gasteiger partial charge in [-0.15, -0.1) is 0 Å². The van der Waals surface area contributed by atoms with E-state index in [1.54, 1.807) is 0 Å². The first-order chi connectivity index (χ1) is 11.7. The summed E-state index contributed by atoms with van der Waals surface area (Å²) in [6, 6.07) is 0. The van der Waals surface area contributed by atoms with Crippen molar-refractivity contribution < 1.29 is 4.79 Å². The van der Waals surface area contributed by atoms with Crippen LogP contribution in [0.1, 0.15) is 56.3 Å². The smallest absolute Gasteiger partial charge is 0.227 e. The van der Waals surface area contributed by atoms with Crippen LogP contribution in [0.5, 0.6) is 0 Å². The lowest BCUT2D eigenvalue weighted by atomic mass is 9.87. The van der Waals surface area contributed by atoms with E-state index in [1.165, 1.54) is 11.3 Å². The van der Waals surface area contributed by atoms with Gasteiger partial charge < -0.3 is 4.90 Å². The van der Waals surface area contributed by atoms with Gasteiger partial charge in [0, 0.05) is 36.2 Å². The number of hydrogen-bond donors (Lipinski definition) is 1. The summed E-state index contributed by atoms with van der Waals surface area (Å²) < 4.78 is 1.83. The van der Waals surface area contributed by atoms with Gasteiger partial charge in [0.05, 0.1) is 18.2 Å². The van der Waals surface area contributed by atoms with Crippen molar-refractivity contribution in [2.24, 2.45) is 5.92 Å². The maximum absolute atomic E-state index is 12.9. The van der Waals surface area contributed by atoms with Crippen LogP contribution in [-0.2, 0) is 29.7 Å². The van der Waals surface area contributed by atoms with Crippen LogP contribution in [0.3, 0.4) is 0 Å². The Labute approximate surface area is 148 Å². The molecule has 0 radical (unpaired) electrons. The van der Waals surface area contributed by atoms with Gasteiger partial charge in [-0.25, -0.2) is 9.67 Å². The molecule has 0 saturated heterocycles. The second-order valence-electron chi connectivity index (χ2n) is 8.08. The number of H-pyrrole nitrogens is 1. The summed E-state index contributed by atoms with van der Waals surface area (Å²) in [5.41, 5.74) is 3.39. The van der Waals surface area contributed by atoms with Crippen LogP contribution >= 0.6 is 0 Å². The van der Waals surface area contributed by atoms with E-state index < -0.39 is 0 Å². The lowest BCUT2D eigenvalue weighted by molar-refractivity contribution is -0.136. The van der Waals surface area contributed by atoms with Gasteiger partial charge in [0.2, 0.25) is 5.91 Å². The minimum absolute atomic E-state index is 0.0306. The number of hydrogen-bond acceptors (Lipinski definition) is 4. The molecule has 2 aromatic heterocycles. The highest BCUT2D eigenvalue weighted by atomic mass is 16.2. The lowest BCUT2D eigenvalue weighted by Crippen LogP contribution is -2.40. The van der Waals surface area contributed by atoms with Gasteiger partial charge in [0.15, 0.2) is 0 Å². The third-order valence-electron chi connectivity index (χ3n) is 4.79. The number of nitrogens with zero attached hydrogens (tertiary/aromatic N) is 5. The molecule has 7 heteroatoms. The number of aryl methyl sites for hydroxylation is 2. The number of fused-ring (bicyclic) bond motifs is 1. The maximum Gasteiger partial charge on any atom is 0.227 e. The number of nitrogens with one attached hydrogen (secondary N) is 1. The van der Waals surface area contributed by atoms with Crippen LogP contribution in [0.4, 0.5) is 0 Å². The molecule has 1 aliphatic rings. The number of rotatable bonds is 3. The molecule has 0 saturated carbocycles. The molecule has 0 bridgehead atoms. The van der Waals surface area contributed by atoms with Crippen molar-refractivity contribution in [3.8, 4) is 0 Å². The van der Waals surface area contributed by atoms with Gasteiger partial charge in [-0.1, -0.05) is 27.7 Å². The molecule has 136 valence electrons. The topological polar surface area (TPSA) is 79.7 Å². The fourth-order valence-electron chi connectivity index (χ4n) is 3.49. The van der Waals surface area contributed by atoms with Crippen LogP contribution in [0.2, 0.25) is 0 Å². The van der Waals surface area contributed by atoms with Crippen molar-refractivity contribution in [3.05, 3.63) is 28.6 Å². The summed E-state index contributed by atoms with van der Waals surface area (Å²) in [7, 11) is 0. The molecular weight excluding hydrogens is 316 g/mol. The van der Waals surface area contributed by atoms with Crippen molar-refractivity contribution in [1.82, 2.24) is 29.9 Å². The first kappa shape index (κ1) is 17.6. The molecule has 1 amide bonds. The molecule has 1 atom stereocenters. The molecule has 1 aliphatic heterocycles. The maximum atomic E-state index is 12.9. The number of carbonyl (C=O) groups is 1. The number of amides is 1. The third-order valence-corrected chi connectivity index (χ3v) is 4.79. The van der Waals surface area contributed by atoms with Crippen LogP contribution in [0, 0.1) is 19.8 Å². The Balaban J connectivity index is 1.73. The fourth-order valence-corrected chi connectivity index (χ4v) is 3.49. The summed E-state index contributed by atoms with van der Waals surface area (Å²) in [5, 5.41) is 12.0. The summed E-state index contributed by atoms with van der Waals surface area (Å²) in [6.45, 7) is 14.2. The van der Waals surface area contributed by atoms with Gasteiger partial charge in [-0.3, -0.25) is 9.89 Å². The largest absolute Gasteiger partial charge is 0.338 e. The number of carbonyl (C=O) groups excluding carboxylic acids is 1. The minimum atomic E-state index is -0.133. The Morgan fingerprint density at radius 1 is 1.32 bits per heavy atom. The van der Waals surface area contributed by atoms with E-state index in [9.17, 15) is 4.79 Å². The van der Waals surface area contributed by atoms with E-state index in [0.717, 1.165) is 30.3 Å². The third kappa shape index (κ3) is 3.45. The summed E-state index contributed by atoms with van der Waals surface area (Å²) >= 11 is 0. The Kier molecular flexibility index (Phi) is 4.43. The predicted molar refractivity (Wildman–Crippen MR) is 95.1 cm³/mol. The fraction of sp³-hybridized carbons (Fsp3) is 0.667. The standard InChI is InChI=1S/C18H28N6O/c1-11(9-24-13(3)19-12(2)22-24)17(25)23-8-7-15-14(10-23)16(21-20-15)18(4,5)6/h11H,7-10H2,1-6H3,(H,20,21). The highest BCUT2D eigenvalue weighted by molar-refractivity contribution is 5.78. The first-order valence-corrected chi connectivity index (χ1v) is 8.90. The van der Waals surface area contributed by atoms with Gasteiger partial charge >= 0.3 is 0 Å². The molecular formula is C18H28N6O. The van der Waals surface area contributed by atoms with Gasteiger partial charge in [0.25, 0.3) is 0 Å². The molecule has 0 aliphatic carbocycles. The highest BCUT2D eigenvalue weighted by Gasteiger charge is 2.31. The van der Waals surface area contributed by atoms with Crippen LogP contribution < -0.4 is 0 Å². The average molecular weight is 344 g/mol. The van der Waals surface area contributed by atoms with Gasteiger partial charge in [-0.2, -0.15) is 10.2 Å². The van der Waals surface area contributed by atoms with Crippen molar-refractivity contribution >= 4 is 5.91 Å². The molecule has 3 heterocycles. The molecule has 0 fully saturated rings. The van der Waals surface area contributed by atoms with Crippen LogP contribution in [-0.4, -0.2) is 42.3 Å². The summed E-state index contributed by atoms with van der Waals surface area (Å²) in [5.74, 6) is 1.63. The highest BCUT2D eigenvalue weighted by Crippen LogP contribution is 2.30. The van der Waals surface area contributed by atoms with Gasteiger partial charge in [0.1, 0.15) is 11.6 Å². The zero-order chi connectivity index (χ0) is 18.4. The van der Waals surface area contributed by atoms with E-state index in [2.05, 4.69) is 41.1 Å². The van der Waals surface area contributed by atoms with E-state index in [0.29, 0.717) is 13.1 Å². The Morgan fingerprint density at radius 2 is 2.04 bits per heavy atom. The van der Waals surface area contributed by atoms with Crippen molar-refractivity contribution in [1.29, 1.82) is 0 Å². The first-order valence-electron chi connectivity index (χ1n) is 8.90. The monoisotopic (exact) mass is 344 g/mol. The van der Waals surface area contributed by atoms with E-state index in [-0.39, 0.29) is 17.2 Å². The van der Waals surface area contributed by atoms with E-state index in [1.807, 2.05) is 30.4 Å². The molecule has 25 heavy (non-hydrogen) atoms. The number of aromatic nitrogens is 5. The second kappa shape index (κ2) is 6.28. The van der Waals surface area contributed by atoms with Crippen molar-refractivity contribution in [2.45, 2.75) is 66.5 Å². The molecule has 2 aromatic rings. The zero-order valence-electron chi connectivity index (χ0n) is 16.1. The van der Waals surface area contributed by atoms with Crippen LogP contribution in [0.15, 0.2) is 0 Å². The summed E-state index contributed by atoms with van der Waals surface area (Å²) in [6.07, 6.45) is 0.832. The molecule has 1 unspecified atom stereocenters. The van der Waals surface area contributed by atoms with Crippen LogP contribution in [0.25, 0.3) is 0 Å². The Bertz CT molecular complexity index is 782. The molecule has 1 N–H and O–H groups in total. The number of aromatic amines is 1. The molecule has 0 spiro atoms. The quantitative estimate of drug-likeness (QED) is 0.925. The Hall–Kier alpha value is -2.18. The zero-order valence-corrected chi connectivity index (χ0v) is 16.1. The summed E-state index contributed by atoms with van der Waals surface area (Å²) in [4.78, 5) is 19.2. The Morgan fingerprint density at radius 3 is 2.64 bits per heavy atom. The van der Waals surface area contributed by atoms with Crippen molar-refractivity contribution in [3.63, 3.8) is 0 Å². The van der Waals surface area contributed by atoms with E-state index >= 15 is 0 Å². The SMILES string of the molecule is Cc1nc(C)n(CC(C)C(=O)N2CCc3[nH]nc(C(C)(C)C)c3C2)n1. The average Bonchev–Trinajstić information content (AvgIpc) is 3.08. The predicted octanol–water partition coefficient (Wildman–Crippen LogP) is 2.14. The molecule has 7 nitrogen and oxygen atoms in total.